The Balaban J connectivity index is 4.47. The van der Waals surface area contributed by atoms with E-state index in [0.717, 1.165) is 57.8 Å². The van der Waals surface area contributed by atoms with Crippen LogP contribution in [0.2, 0.25) is 0 Å². The maximum Gasteiger partial charge on any atom is 0.472 e. The van der Waals surface area contributed by atoms with Crippen LogP contribution < -0.4 is 5.32 Å². The molecule has 0 aromatic rings. The number of quaternary nitrogens is 1. The van der Waals surface area contributed by atoms with Crippen LogP contribution in [0.1, 0.15) is 194 Å². The molecule has 3 unspecified atom stereocenters. The van der Waals surface area contributed by atoms with Gasteiger partial charge in [0.25, 0.3) is 0 Å². The molecule has 0 aliphatic heterocycles. The lowest BCUT2D eigenvalue weighted by atomic mass is 10.0. The number of unbranched alkanes of at least 4 members (excludes halogenated alkanes) is 23. The Bertz CT molecular complexity index is 1050. The number of nitrogens with one attached hydrogen (secondary N) is 1. The molecule has 328 valence electrons. The van der Waals surface area contributed by atoms with Crippen LogP contribution in [0.5, 0.6) is 0 Å². The number of hydrogen-bond donors (Lipinski definition) is 3. The summed E-state index contributed by atoms with van der Waals surface area (Å²) in [6.07, 6.45) is 49.0. The maximum atomic E-state index is 12.9. The van der Waals surface area contributed by atoms with Crippen molar-refractivity contribution in [2.75, 3.05) is 40.9 Å². The average Bonchev–Trinajstić information content (AvgIpc) is 3.15. The van der Waals surface area contributed by atoms with E-state index >= 15 is 0 Å². The van der Waals surface area contributed by atoms with Gasteiger partial charge in [0.1, 0.15) is 13.2 Å². The Morgan fingerprint density at radius 3 is 1.57 bits per heavy atom. The quantitative estimate of drug-likeness (QED) is 0.0187. The molecule has 9 heteroatoms. The number of nitrogens with zero attached hydrogens (tertiary/aromatic N) is 1. The summed E-state index contributed by atoms with van der Waals surface area (Å²) in [5.74, 6) is -0.200. The first-order valence-corrected chi connectivity index (χ1v) is 24.5. The lowest BCUT2D eigenvalue weighted by molar-refractivity contribution is -0.870. The molecule has 0 aliphatic carbocycles. The van der Waals surface area contributed by atoms with E-state index in [1.54, 1.807) is 6.08 Å². The van der Waals surface area contributed by atoms with Gasteiger partial charge in [0, 0.05) is 6.42 Å². The topological polar surface area (TPSA) is 105 Å². The molecule has 1 amide bonds. The molecule has 0 bridgehead atoms. The third-order valence-corrected chi connectivity index (χ3v) is 11.0. The second-order valence-electron chi connectivity index (χ2n) is 16.8. The smallest absolute Gasteiger partial charge is 0.387 e. The molecule has 0 aromatic heterocycles. The Labute approximate surface area is 346 Å². The van der Waals surface area contributed by atoms with Crippen LogP contribution in [0, 0.1) is 0 Å². The largest absolute Gasteiger partial charge is 0.472 e. The number of likely N-dealkylation sites (N-methyl/N-ethyl adjacent to an activating group) is 1. The van der Waals surface area contributed by atoms with Crippen LogP contribution in [0.3, 0.4) is 0 Å². The SMILES string of the molecule is CCCCC/C=C\C=C/CCCCCCCCC(=O)NC(COP(=O)(O)OCC[N+](C)(C)C)C(O)/C=C/CC/C=C/CCCCCCCCCCCCCCC. The lowest BCUT2D eigenvalue weighted by Gasteiger charge is -2.25. The third-order valence-electron chi connectivity index (χ3n) is 10.0. The van der Waals surface area contributed by atoms with E-state index in [2.05, 4.69) is 55.6 Å². The Morgan fingerprint density at radius 2 is 1.04 bits per heavy atom. The molecule has 56 heavy (non-hydrogen) atoms. The second-order valence-corrected chi connectivity index (χ2v) is 18.2. The van der Waals surface area contributed by atoms with Crippen molar-refractivity contribution >= 4 is 13.7 Å². The van der Waals surface area contributed by atoms with E-state index in [-0.39, 0.29) is 19.1 Å². The summed E-state index contributed by atoms with van der Waals surface area (Å²) in [5, 5.41) is 13.8. The van der Waals surface area contributed by atoms with Crippen molar-refractivity contribution in [3.63, 3.8) is 0 Å². The Kier molecular flexibility index (Phi) is 37.9. The van der Waals surface area contributed by atoms with Crippen molar-refractivity contribution < 1.29 is 32.9 Å². The van der Waals surface area contributed by atoms with Crippen molar-refractivity contribution in [2.24, 2.45) is 0 Å². The number of carbonyl (C=O) groups excluding carboxylic acids is 1. The predicted molar refractivity (Wildman–Crippen MR) is 240 cm³/mol. The highest BCUT2D eigenvalue weighted by Gasteiger charge is 2.27. The Hall–Kier alpha value is -1.54. The molecule has 0 aliphatic rings. The first-order valence-electron chi connectivity index (χ1n) is 23.0. The van der Waals surface area contributed by atoms with Gasteiger partial charge in [0.2, 0.25) is 5.91 Å². The highest BCUT2D eigenvalue weighted by Crippen LogP contribution is 2.43. The molecule has 0 saturated carbocycles. The first kappa shape index (κ1) is 54.5. The Morgan fingerprint density at radius 1 is 0.607 bits per heavy atom. The summed E-state index contributed by atoms with van der Waals surface area (Å²) in [6.45, 7) is 4.75. The van der Waals surface area contributed by atoms with Gasteiger partial charge in [-0.25, -0.2) is 4.57 Å². The second kappa shape index (κ2) is 38.9. The molecule has 3 atom stereocenters. The van der Waals surface area contributed by atoms with Gasteiger partial charge >= 0.3 is 7.82 Å². The highest BCUT2D eigenvalue weighted by atomic mass is 31.2. The molecule has 8 nitrogen and oxygen atoms in total. The summed E-state index contributed by atoms with van der Waals surface area (Å²) < 4.78 is 23.5. The molecule has 0 fully saturated rings. The van der Waals surface area contributed by atoms with Gasteiger partial charge < -0.3 is 19.8 Å². The molecule has 3 N–H and O–H groups in total. The van der Waals surface area contributed by atoms with E-state index in [1.165, 1.54) is 116 Å². The number of carbonyl (C=O) groups is 1. The summed E-state index contributed by atoms with van der Waals surface area (Å²) in [4.78, 5) is 23.1. The normalized spacial score (nSPS) is 14.8. The molecule has 0 spiro atoms. The maximum absolute atomic E-state index is 12.9. The van der Waals surface area contributed by atoms with Crippen LogP contribution in [0.15, 0.2) is 48.6 Å². The monoisotopic (exact) mass is 810 g/mol. The van der Waals surface area contributed by atoms with E-state index in [9.17, 15) is 19.4 Å². The van der Waals surface area contributed by atoms with Crippen molar-refractivity contribution in [3.05, 3.63) is 48.6 Å². The minimum absolute atomic E-state index is 0.0525. The van der Waals surface area contributed by atoms with Gasteiger partial charge in [-0.15, -0.1) is 0 Å². The predicted octanol–water partition coefficient (Wildman–Crippen LogP) is 12.9. The molecule has 0 radical (unpaired) electrons. The van der Waals surface area contributed by atoms with Gasteiger partial charge in [-0.3, -0.25) is 13.8 Å². The number of aliphatic hydroxyl groups excluding tert-OH is 1. The number of aliphatic hydroxyl groups is 1. The summed E-state index contributed by atoms with van der Waals surface area (Å²) in [5.41, 5.74) is 0. The van der Waals surface area contributed by atoms with Crippen LogP contribution in [0.25, 0.3) is 0 Å². The number of phosphoric acid groups is 1. The fraction of sp³-hybridized carbons (Fsp3) is 0.809. The number of amides is 1. The average molecular weight is 810 g/mol. The van der Waals surface area contributed by atoms with Crippen molar-refractivity contribution in [3.8, 4) is 0 Å². The van der Waals surface area contributed by atoms with E-state index in [1.807, 2.05) is 27.2 Å². The first-order chi connectivity index (χ1) is 27.0. The van der Waals surface area contributed by atoms with Gasteiger partial charge in [0.15, 0.2) is 0 Å². The van der Waals surface area contributed by atoms with E-state index in [4.69, 9.17) is 9.05 Å². The van der Waals surface area contributed by atoms with Gasteiger partial charge in [0.05, 0.1) is 39.9 Å². The minimum Gasteiger partial charge on any atom is -0.387 e. The molecular formula is C47H90N2O6P+. The van der Waals surface area contributed by atoms with Crippen LogP contribution in [-0.2, 0) is 18.4 Å². The summed E-state index contributed by atoms with van der Waals surface area (Å²) in [7, 11) is 1.54. The van der Waals surface area contributed by atoms with Crippen molar-refractivity contribution in [1.29, 1.82) is 0 Å². The summed E-state index contributed by atoms with van der Waals surface area (Å²) in [6, 6.07) is -0.869. The van der Waals surface area contributed by atoms with Crippen LogP contribution in [-0.4, -0.2) is 73.4 Å². The fourth-order valence-corrected chi connectivity index (χ4v) is 7.08. The minimum atomic E-state index is -4.35. The zero-order valence-corrected chi connectivity index (χ0v) is 38.0. The standard InChI is InChI=1S/C47H89N2O6P/c1-6-8-10-12-14-16-18-20-22-23-24-25-27-28-30-32-34-36-38-40-46(50)45(44-55-56(52,53)54-43-42-49(3,4)5)48-47(51)41-39-37-35-33-31-29-26-21-19-17-15-13-11-9-7-2/h15,17,19,21,30,32,38,40,45-46,50H,6-14,16,18,20,22-29,31,33-37,39,41-44H2,1-5H3,(H-,48,51,52,53)/p+1/b17-15-,21-19-,32-30+,40-38+. The molecule has 0 aromatic carbocycles. The molecule has 0 saturated heterocycles. The van der Waals surface area contributed by atoms with E-state index in [0.29, 0.717) is 17.4 Å². The van der Waals surface area contributed by atoms with Gasteiger partial charge in [-0.05, 0) is 57.8 Å². The molecule has 0 heterocycles. The number of rotatable bonds is 41. The number of phosphoric ester groups is 1. The highest BCUT2D eigenvalue weighted by molar-refractivity contribution is 7.47. The molecule has 0 rings (SSSR count). The van der Waals surface area contributed by atoms with Gasteiger partial charge in [-0.1, -0.05) is 178 Å². The zero-order valence-electron chi connectivity index (χ0n) is 37.1. The van der Waals surface area contributed by atoms with Crippen LogP contribution >= 0.6 is 7.82 Å². The molecular weight excluding hydrogens is 719 g/mol. The van der Waals surface area contributed by atoms with Gasteiger partial charge in [-0.2, -0.15) is 0 Å². The lowest BCUT2D eigenvalue weighted by Crippen LogP contribution is -2.45. The van der Waals surface area contributed by atoms with Crippen molar-refractivity contribution in [1.82, 2.24) is 5.32 Å². The fourth-order valence-electron chi connectivity index (χ4n) is 6.34. The zero-order chi connectivity index (χ0) is 41.4. The third kappa shape index (κ3) is 40.6. The number of allylic oxidation sites excluding steroid dienone is 7. The number of hydrogen-bond acceptors (Lipinski definition) is 5. The summed E-state index contributed by atoms with van der Waals surface area (Å²) >= 11 is 0. The van der Waals surface area contributed by atoms with Crippen LogP contribution in [0.4, 0.5) is 0 Å². The van der Waals surface area contributed by atoms with Crippen molar-refractivity contribution in [2.45, 2.75) is 206 Å². The van der Waals surface area contributed by atoms with E-state index < -0.39 is 20.0 Å².